The molecule has 0 saturated heterocycles. The number of hydrogen-bond donors (Lipinski definition) is 5. The molecule has 29 heavy (non-hydrogen) atoms. The van der Waals surface area contributed by atoms with Gasteiger partial charge in [0, 0.05) is 6.54 Å². The van der Waals surface area contributed by atoms with Crippen molar-refractivity contribution < 1.29 is 23.8 Å². The minimum Gasteiger partial charge on any atom is -0.445 e. The van der Waals surface area contributed by atoms with E-state index in [2.05, 4.69) is 15.7 Å². The number of alkyl carbamates (subject to hydrolysis) is 1. The highest BCUT2D eigenvalue weighted by atomic mass is 31.2. The van der Waals surface area contributed by atoms with Gasteiger partial charge in [0.05, 0.1) is 6.04 Å². The van der Waals surface area contributed by atoms with Crippen LogP contribution in [0.15, 0.2) is 30.3 Å². The van der Waals surface area contributed by atoms with Gasteiger partial charge >= 0.3 is 6.09 Å². The molecule has 1 rings (SSSR count). The molecule has 0 saturated carbocycles. The highest BCUT2D eigenvalue weighted by molar-refractivity contribution is 7.55. The lowest BCUT2D eigenvalue weighted by Gasteiger charge is -2.23. The van der Waals surface area contributed by atoms with E-state index in [0.717, 1.165) is 18.4 Å². The van der Waals surface area contributed by atoms with Gasteiger partial charge in [-0.2, -0.15) is 0 Å². The number of amides is 2. The third-order valence-corrected chi connectivity index (χ3v) is 5.26. The number of carbonyl (C=O) groups is 2. The Bertz CT molecular complexity index is 672. The van der Waals surface area contributed by atoms with Gasteiger partial charge in [-0.1, -0.05) is 44.2 Å². The number of carbonyl (C=O) groups excluding carboxylic acids is 2. The Kier molecular flexibility index (Phi) is 11.5. The summed E-state index contributed by atoms with van der Waals surface area (Å²) in [4.78, 5) is 34.3. The molecular weight excluding hydrogens is 395 g/mol. The molecule has 0 heterocycles. The molecule has 10 heteroatoms. The van der Waals surface area contributed by atoms with Crippen LogP contribution in [0, 0.1) is 5.92 Å². The topological polar surface area (TPSA) is 143 Å². The Morgan fingerprint density at radius 1 is 1.17 bits per heavy atom. The Morgan fingerprint density at radius 2 is 1.86 bits per heavy atom. The lowest BCUT2D eigenvalue weighted by Crippen LogP contribution is -2.45. The second-order valence-electron chi connectivity index (χ2n) is 7.20. The molecule has 2 atom stereocenters. The predicted molar refractivity (Wildman–Crippen MR) is 112 cm³/mol. The monoisotopic (exact) mass is 428 g/mol. The molecule has 1 aromatic rings. The summed E-state index contributed by atoms with van der Waals surface area (Å²) in [5, 5.41) is 7.51. The largest absolute Gasteiger partial charge is 0.445 e. The van der Waals surface area contributed by atoms with E-state index in [1.807, 2.05) is 32.0 Å². The molecule has 0 spiro atoms. The van der Waals surface area contributed by atoms with Gasteiger partial charge in [0.2, 0.25) is 5.91 Å². The van der Waals surface area contributed by atoms with Crippen LogP contribution in [0.5, 0.6) is 0 Å². The summed E-state index contributed by atoms with van der Waals surface area (Å²) in [5.41, 5.74) is 6.23. The van der Waals surface area contributed by atoms with E-state index in [1.165, 1.54) is 0 Å². The maximum Gasteiger partial charge on any atom is 0.407 e. The molecule has 0 fully saturated rings. The molecule has 9 nitrogen and oxygen atoms in total. The normalized spacial score (nSPS) is 14.1. The fourth-order valence-corrected chi connectivity index (χ4v) is 3.67. The molecule has 1 aromatic carbocycles. The van der Waals surface area contributed by atoms with E-state index in [4.69, 9.17) is 10.5 Å². The average Bonchev–Trinajstić information content (AvgIpc) is 2.68. The van der Waals surface area contributed by atoms with Crippen molar-refractivity contribution in [1.29, 1.82) is 0 Å². The highest BCUT2D eigenvalue weighted by Crippen LogP contribution is 2.35. The van der Waals surface area contributed by atoms with E-state index in [-0.39, 0.29) is 18.4 Å². The summed E-state index contributed by atoms with van der Waals surface area (Å²) < 4.78 is 17.5. The van der Waals surface area contributed by atoms with E-state index in [0.29, 0.717) is 19.5 Å². The van der Waals surface area contributed by atoms with Crippen molar-refractivity contribution in [3.05, 3.63) is 35.9 Å². The molecule has 6 N–H and O–H groups in total. The van der Waals surface area contributed by atoms with Gasteiger partial charge in [0.15, 0.2) is 0 Å². The number of nitrogens with one attached hydrogen (secondary N) is 3. The van der Waals surface area contributed by atoms with Crippen LogP contribution in [-0.4, -0.2) is 42.3 Å². The van der Waals surface area contributed by atoms with Gasteiger partial charge in [0.1, 0.15) is 12.9 Å². The quantitative estimate of drug-likeness (QED) is 0.239. The summed E-state index contributed by atoms with van der Waals surface area (Å²) in [6, 6.07) is 8.24. The fraction of sp³-hybridized carbons (Fsp3) is 0.579. The van der Waals surface area contributed by atoms with Crippen LogP contribution in [0.2, 0.25) is 0 Å². The van der Waals surface area contributed by atoms with Crippen molar-refractivity contribution in [2.45, 2.75) is 45.8 Å². The van der Waals surface area contributed by atoms with Crippen LogP contribution in [0.1, 0.15) is 38.7 Å². The summed E-state index contributed by atoms with van der Waals surface area (Å²) in [6.07, 6.45) is 0.552. The second-order valence-corrected chi connectivity index (χ2v) is 9.17. The third-order valence-electron chi connectivity index (χ3n) is 3.96. The molecule has 0 aliphatic heterocycles. The van der Waals surface area contributed by atoms with Crippen LogP contribution < -0.4 is 21.5 Å². The molecule has 0 radical (unpaired) electrons. The zero-order valence-corrected chi connectivity index (χ0v) is 18.0. The average molecular weight is 428 g/mol. The number of rotatable bonds is 13. The zero-order chi connectivity index (χ0) is 21.7. The van der Waals surface area contributed by atoms with Crippen molar-refractivity contribution in [2.75, 3.05) is 19.4 Å². The van der Waals surface area contributed by atoms with Gasteiger partial charge in [-0.3, -0.25) is 9.36 Å². The Morgan fingerprint density at radius 3 is 2.48 bits per heavy atom. The highest BCUT2D eigenvalue weighted by Gasteiger charge is 2.29. The summed E-state index contributed by atoms with van der Waals surface area (Å²) in [6.45, 7) is 4.88. The molecular formula is C19H33N4O5P. The minimum absolute atomic E-state index is 0.0526. The standard InChI is InChI=1S/C19H33N4O5P/c1-15(2)12-17(18(24)21-11-7-6-10-20)23-29(26,27)14-22-19(25)28-13-16-8-4-3-5-9-16/h3-5,8-9,15,17H,6-7,10-14,20H2,1-2H3,(H,21,24)(H,22,25)(H2,23,26,27)/t17-/m0/s1. The lowest BCUT2D eigenvalue weighted by atomic mass is 10.0. The van der Waals surface area contributed by atoms with Crippen molar-refractivity contribution in [3.63, 3.8) is 0 Å². The molecule has 0 aliphatic carbocycles. The van der Waals surface area contributed by atoms with Crippen LogP contribution in [0.3, 0.4) is 0 Å². The lowest BCUT2D eigenvalue weighted by molar-refractivity contribution is -0.123. The SMILES string of the molecule is CC(C)C[C@H](NP(=O)(O)CNC(=O)OCc1ccccc1)C(=O)NCCCCN. The van der Waals surface area contributed by atoms with Crippen molar-refractivity contribution in [3.8, 4) is 0 Å². The maximum atomic E-state index is 12.4. The first kappa shape index (κ1) is 25.1. The Hall–Kier alpha value is -1.93. The summed E-state index contributed by atoms with van der Waals surface area (Å²) in [7, 11) is -4.00. The number of nitrogens with two attached hydrogens (primary N) is 1. The van der Waals surface area contributed by atoms with Crippen molar-refractivity contribution in [1.82, 2.24) is 15.7 Å². The molecule has 2 amide bonds. The van der Waals surface area contributed by atoms with E-state index in [1.54, 1.807) is 12.1 Å². The van der Waals surface area contributed by atoms with Gasteiger partial charge in [-0.25, -0.2) is 9.88 Å². The molecule has 0 aromatic heterocycles. The van der Waals surface area contributed by atoms with Gasteiger partial charge in [-0.05, 0) is 37.3 Å². The molecule has 1 unspecified atom stereocenters. The first-order valence-electron chi connectivity index (χ1n) is 9.75. The fourth-order valence-electron chi connectivity index (χ4n) is 2.53. The first-order valence-corrected chi connectivity index (χ1v) is 11.6. The smallest absolute Gasteiger partial charge is 0.407 e. The third kappa shape index (κ3) is 11.6. The number of unbranched alkanes of at least 4 members (excludes halogenated alkanes) is 1. The van der Waals surface area contributed by atoms with E-state index < -0.39 is 25.9 Å². The summed E-state index contributed by atoms with van der Waals surface area (Å²) >= 11 is 0. The van der Waals surface area contributed by atoms with Gasteiger partial charge < -0.3 is 26.0 Å². The Labute approximate surface area is 172 Å². The van der Waals surface area contributed by atoms with E-state index >= 15 is 0 Å². The summed E-state index contributed by atoms with van der Waals surface area (Å²) in [5.74, 6) is -0.220. The number of hydrogen-bond acceptors (Lipinski definition) is 5. The predicted octanol–water partition coefficient (Wildman–Crippen LogP) is 1.92. The van der Waals surface area contributed by atoms with Crippen molar-refractivity contribution >= 4 is 19.5 Å². The van der Waals surface area contributed by atoms with Crippen LogP contribution in [-0.2, 0) is 20.7 Å². The molecule has 0 bridgehead atoms. The molecule has 0 aliphatic rings. The zero-order valence-electron chi connectivity index (χ0n) is 17.1. The van der Waals surface area contributed by atoms with E-state index in [9.17, 15) is 19.0 Å². The van der Waals surface area contributed by atoms with Gasteiger partial charge in [-0.15, -0.1) is 0 Å². The number of benzene rings is 1. The number of ether oxygens (including phenoxy) is 1. The van der Waals surface area contributed by atoms with Crippen LogP contribution in [0.25, 0.3) is 0 Å². The Balaban J connectivity index is 2.50. The van der Waals surface area contributed by atoms with Crippen molar-refractivity contribution in [2.24, 2.45) is 11.7 Å². The first-order chi connectivity index (χ1) is 13.7. The van der Waals surface area contributed by atoms with Crippen LogP contribution in [0.4, 0.5) is 4.79 Å². The molecule has 164 valence electrons. The van der Waals surface area contributed by atoms with Gasteiger partial charge in [0.25, 0.3) is 7.52 Å². The maximum absolute atomic E-state index is 12.4. The second kappa shape index (κ2) is 13.3. The minimum atomic E-state index is -4.00. The van der Waals surface area contributed by atoms with Crippen LogP contribution >= 0.6 is 7.52 Å².